The van der Waals surface area contributed by atoms with E-state index in [1.165, 1.54) is 32.2 Å². The Morgan fingerprint density at radius 1 is 1.00 bits per heavy atom. The van der Waals surface area contributed by atoms with Gasteiger partial charge in [0.05, 0.1) is 11.3 Å². The highest BCUT2D eigenvalue weighted by Gasteiger charge is 2.22. The number of hydrogen-bond donors (Lipinski definition) is 2. The first-order chi connectivity index (χ1) is 14.3. The highest BCUT2D eigenvalue weighted by Crippen LogP contribution is 2.24. The van der Waals surface area contributed by atoms with Gasteiger partial charge in [-0.05, 0) is 55.5 Å². The van der Waals surface area contributed by atoms with Crippen molar-refractivity contribution in [2.75, 3.05) is 10.6 Å². The van der Waals surface area contributed by atoms with Crippen molar-refractivity contribution in [3.63, 3.8) is 0 Å². The molecule has 30 heavy (non-hydrogen) atoms. The molecule has 0 spiro atoms. The normalized spacial score (nSPS) is 11.4. The number of benzene rings is 1. The van der Waals surface area contributed by atoms with Crippen LogP contribution in [-0.2, 0) is 9.53 Å². The lowest BCUT2D eigenvalue weighted by Gasteiger charge is -2.12. The molecule has 9 heteroatoms. The maximum atomic E-state index is 12.5. The molecule has 0 fully saturated rings. The van der Waals surface area contributed by atoms with Gasteiger partial charge < -0.3 is 19.8 Å². The van der Waals surface area contributed by atoms with E-state index >= 15 is 0 Å². The van der Waals surface area contributed by atoms with Crippen molar-refractivity contribution >= 4 is 45.6 Å². The lowest BCUT2D eigenvalue weighted by molar-refractivity contribution is -0.114. The summed E-state index contributed by atoms with van der Waals surface area (Å²) in [5.74, 6) is -1.55. The van der Waals surface area contributed by atoms with Gasteiger partial charge >= 0.3 is 5.97 Å². The first kappa shape index (κ1) is 21.0. The van der Waals surface area contributed by atoms with Crippen molar-refractivity contribution in [3.8, 4) is 0 Å². The summed E-state index contributed by atoms with van der Waals surface area (Å²) in [7, 11) is 0. The molecule has 1 atom stereocenters. The van der Waals surface area contributed by atoms with Crippen LogP contribution < -0.4 is 10.6 Å². The number of furan rings is 1. The van der Waals surface area contributed by atoms with Crippen molar-refractivity contribution in [3.05, 3.63) is 71.0 Å². The summed E-state index contributed by atoms with van der Waals surface area (Å²) < 4.78 is 10.3. The van der Waals surface area contributed by atoms with Gasteiger partial charge in [0.1, 0.15) is 4.88 Å². The third kappa shape index (κ3) is 5.21. The monoisotopic (exact) mass is 426 g/mol. The Morgan fingerprint density at radius 3 is 2.37 bits per heavy atom. The van der Waals surface area contributed by atoms with Gasteiger partial charge in [-0.3, -0.25) is 14.4 Å². The van der Waals surface area contributed by atoms with Gasteiger partial charge in [0, 0.05) is 18.2 Å². The third-order valence-electron chi connectivity index (χ3n) is 3.93. The molecule has 0 aliphatic rings. The van der Waals surface area contributed by atoms with Crippen LogP contribution in [0, 0.1) is 0 Å². The van der Waals surface area contributed by atoms with Crippen molar-refractivity contribution in [2.24, 2.45) is 0 Å². The molecular weight excluding hydrogens is 408 g/mol. The third-order valence-corrected chi connectivity index (χ3v) is 4.91. The number of rotatable bonds is 7. The highest BCUT2D eigenvalue weighted by atomic mass is 32.1. The number of ether oxygens (including phenoxy) is 1. The average Bonchev–Trinajstić information content (AvgIpc) is 3.39. The molecule has 1 aromatic carbocycles. The zero-order valence-electron chi connectivity index (χ0n) is 16.1. The number of ketones is 1. The molecule has 0 saturated heterocycles. The summed E-state index contributed by atoms with van der Waals surface area (Å²) in [6, 6.07) is 12.5. The fourth-order valence-corrected chi connectivity index (χ4v) is 3.31. The first-order valence-electron chi connectivity index (χ1n) is 8.91. The molecule has 0 bridgehead atoms. The Kier molecular flexibility index (Phi) is 6.43. The van der Waals surface area contributed by atoms with E-state index in [9.17, 15) is 19.2 Å². The summed E-state index contributed by atoms with van der Waals surface area (Å²) in [6.07, 6.45) is 0.380. The SMILES string of the molecule is CC(=O)Nc1ccc(C(=O)C(C)OC(=O)c2ccc(NC(=O)c3ccco3)s2)cc1. The number of amides is 2. The fraction of sp³-hybridized carbons (Fsp3) is 0.143. The number of Topliss-reactive ketones (excluding diaryl/α,β-unsaturated/α-hetero) is 1. The quantitative estimate of drug-likeness (QED) is 0.436. The summed E-state index contributed by atoms with van der Waals surface area (Å²) >= 11 is 1.02. The molecule has 2 aromatic heterocycles. The maximum absolute atomic E-state index is 12.5. The van der Waals surface area contributed by atoms with Crippen LogP contribution in [0.5, 0.6) is 0 Å². The van der Waals surface area contributed by atoms with E-state index < -0.39 is 18.0 Å². The van der Waals surface area contributed by atoms with Crippen molar-refractivity contribution in [1.82, 2.24) is 0 Å². The van der Waals surface area contributed by atoms with Gasteiger partial charge in [-0.1, -0.05) is 0 Å². The van der Waals surface area contributed by atoms with Crippen LogP contribution in [0.4, 0.5) is 10.7 Å². The number of thiophene rings is 1. The number of nitrogens with one attached hydrogen (secondary N) is 2. The lowest BCUT2D eigenvalue weighted by atomic mass is 10.1. The largest absolute Gasteiger partial charge is 0.459 e. The van der Waals surface area contributed by atoms with Gasteiger partial charge in [0.25, 0.3) is 5.91 Å². The Bertz CT molecular complexity index is 1070. The molecule has 3 rings (SSSR count). The van der Waals surface area contributed by atoms with Crippen LogP contribution in [0.15, 0.2) is 59.2 Å². The summed E-state index contributed by atoms with van der Waals surface area (Å²) in [6.45, 7) is 2.87. The van der Waals surface area contributed by atoms with Crippen LogP contribution in [0.2, 0.25) is 0 Å². The Morgan fingerprint density at radius 2 is 1.73 bits per heavy atom. The van der Waals surface area contributed by atoms with Crippen molar-refractivity contribution < 1.29 is 28.3 Å². The van der Waals surface area contributed by atoms with Gasteiger partial charge in [-0.25, -0.2) is 4.79 Å². The van der Waals surface area contributed by atoms with E-state index in [0.717, 1.165) is 11.3 Å². The molecule has 2 heterocycles. The molecule has 0 saturated carbocycles. The summed E-state index contributed by atoms with van der Waals surface area (Å²) in [5.41, 5.74) is 0.911. The van der Waals surface area contributed by atoms with Crippen LogP contribution in [0.3, 0.4) is 0 Å². The van der Waals surface area contributed by atoms with Crippen LogP contribution in [-0.4, -0.2) is 29.7 Å². The fourth-order valence-electron chi connectivity index (χ4n) is 2.52. The molecule has 2 amide bonds. The van der Waals surface area contributed by atoms with Crippen molar-refractivity contribution in [1.29, 1.82) is 0 Å². The predicted octanol–water partition coefficient (Wildman–Crippen LogP) is 3.98. The van der Waals surface area contributed by atoms with Gasteiger partial charge in [0.2, 0.25) is 11.7 Å². The van der Waals surface area contributed by atoms with E-state index in [-0.39, 0.29) is 22.3 Å². The molecule has 154 valence electrons. The molecule has 3 aromatic rings. The topological polar surface area (TPSA) is 115 Å². The minimum Gasteiger partial charge on any atom is -0.459 e. The van der Waals surface area contributed by atoms with Gasteiger partial charge in [0.15, 0.2) is 11.9 Å². The average molecular weight is 426 g/mol. The number of hydrogen-bond acceptors (Lipinski definition) is 7. The molecule has 2 N–H and O–H groups in total. The van der Waals surface area contributed by atoms with E-state index in [1.54, 1.807) is 36.4 Å². The van der Waals surface area contributed by atoms with Gasteiger partial charge in [-0.15, -0.1) is 11.3 Å². The summed E-state index contributed by atoms with van der Waals surface area (Å²) in [4.78, 5) is 48.1. The van der Waals surface area contributed by atoms with E-state index in [1.807, 2.05) is 0 Å². The molecule has 0 aliphatic heterocycles. The Hall–Kier alpha value is -3.72. The predicted molar refractivity (Wildman–Crippen MR) is 111 cm³/mol. The number of esters is 1. The highest BCUT2D eigenvalue weighted by molar-refractivity contribution is 7.18. The molecule has 1 unspecified atom stereocenters. The van der Waals surface area contributed by atoms with E-state index in [0.29, 0.717) is 16.3 Å². The van der Waals surface area contributed by atoms with Crippen LogP contribution in [0.25, 0.3) is 0 Å². The maximum Gasteiger partial charge on any atom is 0.349 e. The van der Waals surface area contributed by atoms with Crippen molar-refractivity contribution in [2.45, 2.75) is 20.0 Å². The van der Waals surface area contributed by atoms with Gasteiger partial charge in [-0.2, -0.15) is 0 Å². The molecule has 0 aliphatic carbocycles. The first-order valence-corrected chi connectivity index (χ1v) is 9.72. The number of carbonyl (C=O) groups is 4. The second-order valence-electron chi connectivity index (χ2n) is 6.27. The standard InChI is InChI=1S/C21H18N2O6S/c1-12(19(25)14-5-7-15(8-6-14)22-13(2)24)29-21(27)17-9-10-18(30-17)23-20(26)16-4-3-11-28-16/h3-12H,1-2H3,(H,22,24)(H,23,26). The minimum atomic E-state index is -1.01. The van der Waals surface area contributed by atoms with E-state index in [2.05, 4.69) is 10.6 Å². The molecular formula is C21H18N2O6S. The lowest BCUT2D eigenvalue weighted by Crippen LogP contribution is -2.24. The summed E-state index contributed by atoms with van der Waals surface area (Å²) in [5, 5.41) is 5.67. The molecule has 8 nitrogen and oxygen atoms in total. The Labute approximate surface area is 175 Å². The van der Waals surface area contributed by atoms with Crippen LogP contribution >= 0.6 is 11.3 Å². The van der Waals surface area contributed by atoms with Crippen LogP contribution in [0.1, 0.15) is 44.4 Å². The number of anilines is 2. The number of carbonyl (C=O) groups excluding carboxylic acids is 4. The second kappa shape index (κ2) is 9.19. The second-order valence-corrected chi connectivity index (χ2v) is 7.35. The van der Waals surface area contributed by atoms with E-state index in [4.69, 9.17) is 9.15 Å². The zero-order chi connectivity index (χ0) is 21.7. The minimum absolute atomic E-state index is 0.149. The Balaban J connectivity index is 1.58. The smallest absolute Gasteiger partial charge is 0.349 e. The molecule has 0 radical (unpaired) electrons. The zero-order valence-corrected chi connectivity index (χ0v) is 16.9.